The van der Waals surface area contributed by atoms with Gasteiger partial charge in [0, 0.05) is 0 Å². The van der Waals surface area contributed by atoms with E-state index in [2.05, 4.69) is 51.1 Å². The molecule has 36 heavy (non-hydrogen) atoms. The van der Waals surface area contributed by atoms with E-state index in [1.807, 2.05) is 57.2 Å². The highest BCUT2D eigenvalue weighted by atomic mass is 28.4. The van der Waals surface area contributed by atoms with E-state index in [1.165, 1.54) is 0 Å². The highest BCUT2D eigenvalue weighted by Crippen LogP contribution is 2.38. The van der Waals surface area contributed by atoms with Crippen molar-refractivity contribution in [1.82, 2.24) is 4.90 Å². The van der Waals surface area contributed by atoms with Crippen molar-refractivity contribution < 1.29 is 18.8 Å². The zero-order valence-electron chi connectivity index (χ0n) is 22.2. The van der Waals surface area contributed by atoms with Crippen molar-refractivity contribution in [2.45, 2.75) is 77.1 Å². The molecule has 1 aliphatic rings. The largest absolute Gasteiger partial charge is 0.444 e. The van der Waals surface area contributed by atoms with Crippen molar-refractivity contribution in [2.24, 2.45) is 5.92 Å². The van der Waals surface area contributed by atoms with Gasteiger partial charge in [-0.2, -0.15) is 5.26 Å². The zero-order chi connectivity index (χ0) is 26.6. The Bertz CT molecular complexity index is 1030. The van der Waals surface area contributed by atoms with Crippen molar-refractivity contribution in [3.63, 3.8) is 0 Å². The van der Waals surface area contributed by atoms with Gasteiger partial charge in [0.05, 0.1) is 24.8 Å². The topological polar surface area (TPSA) is 79.6 Å². The zero-order valence-corrected chi connectivity index (χ0v) is 23.2. The lowest BCUT2D eigenvalue weighted by Crippen LogP contribution is -2.67. The monoisotopic (exact) mass is 506 g/mol. The number of aldehydes is 1. The molecule has 0 N–H and O–H groups in total. The number of nitrogens with zero attached hydrogens (tertiary/aromatic N) is 2. The van der Waals surface area contributed by atoms with Gasteiger partial charge in [-0.25, -0.2) is 4.79 Å². The summed E-state index contributed by atoms with van der Waals surface area (Å²) in [5.41, 5.74) is -0.697. The molecule has 0 aliphatic carbocycles. The van der Waals surface area contributed by atoms with Crippen LogP contribution in [-0.4, -0.2) is 49.9 Å². The number of likely N-dealkylation sites (tertiary alicyclic amines) is 1. The molecule has 1 heterocycles. The van der Waals surface area contributed by atoms with Gasteiger partial charge in [-0.15, -0.1) is 0 Å². The van der Waals surface area contributed by atoms with E-state index in [0.717, 1.165) is 10.4 Å². The van der Waals surface area contributed by atoms with Gasteiger partial charge in [0.25, 0.3) is 8.32 Å². The lowest BCUT2D eigenvalue weighted by atomic mass is 10.0. The molecule has 1 fully saturated rings. The molecule has 1 saturated heterocycles. The first-order chi connectivity index (χ1) is 16.9. The normalized spacial score (nSPS) is 19.4. The summed E-state index contributed by atoms with van der Waals surface area (Å²) in [6.45, 7) is 12.4. The number of benzene rings is 2. The first kappa shape index (κ1) is 27.6. The number of hydrogen-bond acceptors (Lipinski definition) is 5. The minimum Gasteiger partial charge on any atom is -0.444 e. The van der Waals surface area contributed by atoms with Gasteiger partial charge in [-0.1, -0.05) is 81.4 Å². The molecule has 0 bridgehead atoms. The maximum atomic E-state index is 13.3. The van der Waals surface area contributed by atoms with Gasteiger partial charge in [0.2, 0.25) is 0 Å². The summed E-state index contributed by atoms with van der Waals surface area (Å²) in [5.74, 6) is -0.907. The van der Waals surface area contributed by atoms with Crippen LogP contribution in [0.15, 0.2) is 60.7 Å². The molecule has 0 spiro atoms. The first-order valence-corrected chi connectivity index (χ1v) is 14.5. The molecule has 7 heteroatoms. The van der Waals surface area contributed by atoms with Crippen molar-refractivity contribution in [1.29, 1.82) is 5.26 Å². The number of amides is 1. The van der Waals surface area contributed by atoms with Crippen LogP contribution in [0, 0.1) is 17.2 Å². The van der Waals surface area contributed by atoms with Crippen LogP contribution >= 0.6 is 0 Å². The third-order valence-electron chi connectivity index (χ3n) is 6.77. The third-order valence-corrected chi connectivity index (χ3v) is 11.8. The Morgan fingerprint density at radius 1 is 1.03 bits per heavy atom. The van der Waals surface area contributed by atoms with Crippen LogP contribution in [0.2, 0.25) is 5.04 Å². The average molecular weight is 507 g/mol. The van der Waals surface area contributed by atoms with Crippen LogP contribution in [0.1, 0.15) is 54.4 Å². The van der Waals surface area contributed by atoms with Crippen LogP contribution in [0.3, 0.4) is 0 Å². The average Bonchev–Trinajstić information content (AvgIpc) is 3.24. The minimum absolute atomic E-state index is 0.206. The molecule has 0 aromatic heterocycles. The Kier molecular flexibility index (Phi) is 8.43. The second kappa shape index (κ2) is 11.0. The van der Waals surface area contributed by atoms with Crippen LogP contribution in [0.25, 0.3) is 0 Å². The maximum Gasteiger partial charge on any atom is 0.410 e. The molecule has 3 atom stereocenters. The summed E-state index contributed by atoms with van der Waals surface area (Å²) in [7, 11) is -2.81. The van der Waals surface area contributed by atoms with E-state index < -0.39 is 32.0 Å². The van der Waals surface area contributed by atoms with Gasteiger partial charge >= 0.3 is 6.09 Å². The molecule has 1 unspecified atom stereocenters. The molecule has 2 aromatic rings. The molecular formula is C29H38N2O4Si. The first-order valence-electron chi connectivity index (χ1n) is 12.6. The fourth-order valence-corrected chi connectivity index (χ4v) is 9.82. The Hall–Kier alpha value is -2.95. The molecular weight excluding hydrogens is 468 g/mol. The van der Waals surface area contributed by atoms with Crippen molar-refractivity contribution in [3.05, 3.63) is 60.7 Å². The molecule has 0 radical (unpaired) electrons. The van der Waals surface area contributed by atoms with Crippen molar-refractivity contribution in [2.75, 3.05) is 6.61 Å². The second-order valence-corrected chi connectivity index (χ2v) is 15.8. The lowest BCUT2D eigenvalue weighted by Gasteiger charge is -2.44. The maximum absolute atomic E-state index is 13.3. The molecule has 1 amide bonds. The van der Waals surface area contributed by atoms with Crippen molar-refractivity contribution >= 4 is 31.1 Å². The predicted molar refractivity (Wildman–Crippen MR) is 144 cm³/mol. The van der Waals surface area contributed by atoms with Gasteiger partial charge in [-0.3, -0.25) is 4.90 Å². The molecule has 6 nitrogen and oxygen atoms in total. The molecule has 0 saturated carbocycles. The standard InChI is InChI=1S/C29H38N2O4Si/c1-28(2,3)35-27(33)31-23(17-18-26(31)22(19-30)20-32)21-34-36(29(4,5)6,24-13-9-7-10-14-24)25-15-11-8-12-16-25/h7-16,20,22-23,26H,17-18,21H2,1-6H3/t22?,23-,26+/m0/s1. The predicted octanol–water partition coefficient (Wildman–Crippen LogP) is 4.67. The highest BCUT2D eigenvalue weighted by molar-refractivity contribution is 6.99. The van der Waals surface area contributed by atoms with E-state index in [9.17, 15) is 14.9 Å². The quantitative estimate of drug-likeness (QED) is 0.403. The van der Waals surface area contributed by atoms with Crippen LogP contribution in [0.4, 0.5) is 4.79 Å². The molecule has 1 aliphatic heterocycles. The van der Waals surface area contributed by atoms with Crippen LogP contribution in [-0.2, 0) is 14.0 Å². The number of carbonyl (C=O) groups is 2. The van der Waals surface area contributed by atoms with Crippen LogP contribution < -0.4 is 10.4 Å². The Morgan fingerprint density at radius 3 is 1.97 bits per heavy atom. The summed E-state index contributed by atoms with van der Waals surface area (Å²) in [6, 6.07) is 21.9. The third kappa shape index (κ3) is 5.71. The number of rotatable bonds is 7. The summed E-state index contributed by atoms with van der Waals surface area (Å²) < 4.78 is 12.8. The summed E-state index contributed by atoms with van der Waals surface area (Å²) >= 11 is 0. The van der Waals surface area contributed by atoms with Gasteiger partial charge in [0.15, 0.2) is 0 Å². The van der Waals surface area contributed by atoms with Crippen LogP contribution in [0.5, 0.6) is 0 Å². The van der Waals surface area contributed by atoms with Gasteiger partial charge < -0.3 is 14.0 Å². The molecule has 192 valence electrons. The van der Waals surface area contributed by atoms with E-state index in [1.54, 1.807) is 4.90 Å². The van der Waals surface area contributed by atoms with E-state index in [-0.39, 0.29) is 11.1 Å². The number of ether oxygens (including phenoxy) is 1. The van der Waals surface area contributed by atoms with E-state index >= 15 is 0 Å². The Balaban J connectivity index is 2.03. The van der Waals surface area contributed by atoms with Crippen molar-refractivity contribution in [3.8, 4) is 6.07 Å². The minimum atomic E-state index is -2.81. The highest BCUT2D eigenvalue weighted by Gasteiger charge is 2.52. The number of hydrogen-bond donors (Lipinski definition) is 0. The fraction of sp³-hybridized carbons (Fsp3) is 0.483. The smallest absolute Gasteiger partial charge is 0.410 e. The molecule has 2 aromatic carbocycles. The Labute approximate surface area is 216 Å². The van der Waals surface area contributed by atoms with E-state index in [0.29, 0.717) is 25.7 Å². The number of nitriles is 1. The lowest BCUT2D eigenvalue weighted by molar-refractivity contribution is -0.111. The summed E-state index contributed by atoms with van der Waals surface area (Å²) in [6.07, 6.45) is 1.30. The fourth-order valence-electron chi connectivity index (χ4n) is 5.22. The number of carbonyl (C=O) groups excluding carboxylic acids is 2. The Morgan fingerprint density at radius 2 is 1.56 bits per heavy atom. The summed E-state index contributed by atoms with van der Waals surface area (Å²) in [4.78, 5) is 26.6. The van der Waals surface area contributed by atoms with Gasteiger partial charge in [-0.05, 0) is 49.0 Å². The summed E-state index contributed by atoms with van der Waals surface area (Å²) in [5, 5.41) is 11.7. The SMILES string of the molecule is CC(C)(C)OC(=O)N1[C@H](CO[Si](c2ccccc2)(c2ccccc2)C(C)(C)C)CC[C@@H]1C(C#N)C=O. The molecule has 3 rings (SSSR count). The second-order valence-electron chi connectivity index (χ2n) is 11.5. The van der Waals surface area contributed by atoms with E-state index in [4.69, 9.17) is 9.16 Å². The van der Waals surface area contributed by atoms with Gasteiger partial charge in [0.1, 0.15) is 17.8 Å².